The first kappa shape index (κ1) is 16.5. The van der Waals surface area contributed by atoms with Crippen LogP contribution in [0.1, 0.15) is 46.4 Å². The van der Waals surface area contributed by atoms with Gasteiger partial charge >= 0.3 is 0 Å². The van der Waals surface area contributed by atoms with E-state index >= 15 is 0 Å². The Kier molecular flexibility index (Phi) is 4.26. The van der Waals surface area contributed by atoms with Crippen LogP contribution in [0.5, 0.6) is 0 Å². The highest BCUT2D eigenvalue weighted by Crippen LogP contribution is 2.50. The SMILES string of the molecule is [C-]#[N+]C1(C)CC(N[S@@](=O)C(C)(C)C)(c2ncc(Br)cn2)C1. The first-order valence-electron chi connectivity index (χ1n) is 6.67. The van der Waals surface area contributed by atoms with Gasteiger partial charge in [0.15, 0.2) is 0 Å². The zero-order valence-electron chi connectivity index (χ0n) is 12.6. The van der Waals surface area contributed by atoms with Crippen molar-refractivity contribution in [2.24, 2.45) is 0 Å². The number of aromatic nitrogens is 2. The Morgan fingerprint density at radius 3 is 2.33 bits per heavy atom. The summed E-state index contributed by atoms with van der Waals surface area (Å²) in [6.07, 6.45) is 4.48. The fourth-order valence-electron chi connectivity index (χ4n) is 2.49. The molecule has 7 heteroatoms. The largest absolute Gasteiger partial charge is 0.311 e. The first-order valence-corrected chi connectivity index (χ1v) is 8.61. The van der Waals surface area contributed by atoms with Gasteiger partial charge in [0, 0.05) is 19.3 Å². The number of rotatable bonds is 3. The van der Waals surface area contributed by atoms with Crippen molar-refractivity contribution >= 4 is 26.9 Å². The number of halogens is 1. The standard InChI is InChI=1S/C14H19BrN4OS/c1-12(2,3)21(20)19-14(8-13(4,9-14)16-5)11-17-6-10(15)7-18-11/h6-7,19H,8-9H2,1-4H3/t13?,14?,21-/m0/s1. The van der Waals surface area contributed by atoms with Gasteiger partial charge in [0.25, 0.3) is 0 Å². The van der Waals surface area contributed by atoms with Crippen LogP contribution >= 0.6 is 15.9 Å². The number of hydrogen-bond acceptors (Lipinski definition) is 3. The second-order valence-electron chi connectivity index (χ2n) is 6.75. The van der Waals surface area contributed by atoms with Gasteiger partial charge in [-0.2, -0.15) is 0 Å². The second-order valence-corrected chi connectivity index (χ2v) is 9.63. The average molecular weight is 371 g/mol. The zero-order chi connectivity index (χ0) is 15.9. The van der Waals surface area contributed by atoms with Crippen molar-refractivity contribution < 1.29 is 4.21 Å². The molecule has 21 heavy (non-hydrogen) atoms. The van der Waals surface area contributed by atoms with Gasteiger partial charge in [0.05, 0.1) is 33.0 Å². The first-order chi connectivity index (χ1) is 9.60. The monoisotopic (exact) mass is 370 g/mol. The van der Waals surface area contributed by atoms with E-state index in [1.54, 1.807) is 12.4 Å². The molecule has 0 amide bonds. The third-order valence-electron chi connectivity index (χ3n) is 3.53. The summed E-state index contributed by atoms with van der Waals surface area (Å²) in [6.45, 7) is 15.0. The lowest BCUT2D eigenvalue weighted by molar-refractivity contribution is 0.129. The maximum Gasteiger partial charge on any atom is 0.234 e. The van der Waals surface area contributed by atoms with Crippen LogP contribution in [0.3, 0.4) is 0 Å². The summed E-state index contributed by atoms with van der Waals surface area (Å²) in [5, 5.41) is 0. The van der Waals surface area contributed by atoms with Crippen LogP contribution in [-0.4, -0.2) is 24.5 Å². The fourth-order valence-corrected chi connectivity index (χ4v) is 3.59. The summed E-state index contributed by atoms with van der Waals surface area (Å²) in [5.41, 5.74) is -1.02. The molecule has 0 aromatic carbocycles. The molecule has 2 rings (SSSR count). The molecule has 1 fully saturated rings. The molecule has 0 bridgehead atoms. The molecular weight excluding hydrogens is 352 g/mol. The maximum atomic E-state index is 12.5. The molecule has 5 nitrogen and oxygen atoms in total. The second kappa shape index (κ2) is 5.41. The number of nitrogens with zero attached hydrogens (tertiary/aromatic N) is 3. The molecular formula is C14H19BrN4OS. The molecule has 1 saturated carbocycles. The van der Waals surface area contributed by atoms with Gasteiger partial charge in [-0.3, -0.25) is 0 Å². The molecule has 1 N–H and O–H groups in total. The Bertz CT molecular complexity index is 597. The summed E-state index contributed by atoms with van der Waals surface area (Å²) >= 11 is 3.32. The summed E-state index contributed by atoms with van der Waals surface area (Å²) in [4.78, 5) is 12.4. The smallest absolute Gasteiger partial charge is 0.234 e. The maximum absolute atomic E-state index is 12.5. The summed E-state index contributed by atoms with van der Waals surface area (Å²) in [7, 11) is -1.24. The van der Waals surface area contributed by atoms with E-state index in [1.807, 2.05) is 27.7 Å². The van der Waals surface area contributed by atoms with Crippen LogP contribution in [-0.2, 0) is 16.5 Å². The normalized spacial score (nSPS) is 30.3. The van der Waals surface area contributed by atoms with Gasteiger partial charge in [-0.1, -0.05) is 0 Å². The highest BCUT2D eigenvalue weighted by Gasteiger charge is 2.61. The van der Waals surface area contributed by atoms with E-state index in [1.165, 1.54) is 0 Å². The molecule has 1 aromatic rings. The quantitative estimate of drug-likeness (QED) is 0.832. The van der Waals surface area contributed by atoms with Crippen LogP contribution < -0.4 is 4.72 Å². The minimum absolute atomic E-state index is 0.382. The van der Waals surface area contributed by atoms with Crippen molar-refractivity contribution in [2.45, 2.75) is 56.4 Å². The minimum atomic E-state index is -1.24. The molecule has 0 aliphatic heterocycles. The van der Waals surface area contributed by atoms with E-state index in [0.29, 0.717) is 18.7 Å². The molecule has 1 aliphatic carbocycles. The van der Waals surface area contributed by atoms with Crippen LogP contribution in [0.15, 0.2) is 16.9 Å². The molecule has 0 saturated heterocycles. The van der Waals surface area contributed by atoms with E-state index in [0.717, 1.165) is 4.47 Å². The van der Waals surface area contributed by atoms with Crippen molar-refractivity contribution in [2.75, 3.05) is 0 Å². The molecule has 1 heterocycles. The third kappa shape index (κ3) is 3.33. The summed E-state index contributed by atoms with van der Waals surface area (Å²) in [6, 6.07) is 0. The van der Waals surface area contributed by atoms with Crippen LogP contribution in [0.2, 0.25) is 0 Å². The Balaban J connectivity index is 2.32. The van der Waals surface area contributed by atoms with Gasteiger partial charge in [-0.05, 0) is 36.7 Å². The lowest BCUT2D eigenvalue weighted by atomic mass is 9.64. The van der Waals surface area contributed by atoms with Crippen molar-refractivity contribution in [3.8, 4) is 0 Å². The lowest BCUT2D eigenvalue weighted by Gasteiger charge is -2.46. The molecule has 1 atom stereocenters. The number of nitrogens with one attached hydrogen (secondary N) is 1. The fraction of sp³-hybridized carbons (Fsp3) is 0.643. The predicted molar refractivity (Wildman–Crippen MR) is 86.7 cm³/mol. The van der Waals surface area contributed by atoms with E-state index in [-0.39, 0.29) is 4.75 Å². The predicted octanol–water partition coefficient (Wildman–Crippen LogP) is 2.96. The minimum Gasteiger partial charge on any atom is -0.311 e. The van der Waals surface area contributed by atoms with E-state index < -0.39 is 22.1 Å². The van der Waals surface area contributed by atoms with Crippen LogP contribution in [0.4, 0.5) is 0 Å². The molecule has 0 radical (unpaired) electrons. The Labute approximate surface area is 136 Å². The lowest BCUT2D eigenvalue weighted by Crippen LogP contribution is -2.61. The third-order valence-corrected chi connectivity index (χ3v) is 5.63. The van der Waals surface area contributed by atoms with Crippen molar-refractivity contribution in [1.29, 1.82) is 0 Å². The Morgan fingerprint density at radius 2 is 1.90 bits per heavy atom. The van der Waals surface area contributed by atoms with Crippen molar-refractivity contribution in [1.82, 2.24) is 14.7 Å². The molecule has 1 aliphatic rings. The topological polar surface area (TPSA) is 59.2 Å². The van der Waals surface area contributed by atoms with Crippen molar-refractivity contribution in [3.63, 3.8) is 0 Å². The van der Waals surface area contributed by atoms with Gasteiger partial charge in [-0.15, -0.1) is 0 Å². The molecule has 0 spiro atoms. The average Bonchev–Trinajstić information content (AvgIpc) is 2.36. The van der Waals surface area contributed by atoms with E-state index in [2.05, 4.69) is 35.5 Å². The highest BCUT2D eigenvalue weighted by molar-refractivity contribution is 9.10. The van der Waals surface area contributed by atoms with Gasteiger partial charge < -0.3 is 4.85 Å². The summed E-state index contributed by atoms with van der Waals surface area (Å²) < 4.78 is 16.1. The highest BCUT2D eigenvalue weighted by atomic mass is 79.9. The Morgan fingerprint density at radius 1 is 1.38 bits per heavy atom. The van der Waals surface area contributed by atoms with E-state index in [9.17, 15) is 4.21 Å². The van der Waals surface area contributed by atoms with Crippen molar-refractivity contribution in [3.05, 3.63) is 34.1 Å². The number of hydrogen-bond donors (Lipinski definition) is 1. The summed E-state index contributed by atoms with van der Waals surface area (Å²) in [5.74, 6) is 0.601. The van der Waals surface area contributed by atoms with Crippen LogP contribution in [0, 0.1) is 6.57 Å². The molecule has 114 valence electrons. The Hall–Kier alpha value is -0.840. The van der Waals surface area contributed by atoms with Gasteiger partial charge in [-0.25, -0.2) is 25.5 Å². The van der Waals surface area contributed by atoms with E-state index in [4.69, 9.17) is 6.57 Å². The molecule has 1 aromatic heterocycles. The van der Waals surface area contributed by atoms with Crippen LogP contribution in [0.25, 0.3) is 4.85 Å². The van der Waals surface area contributed by atoms with Gasteiger partial charge in [0.2, 0.25) is 5.54 Å². The van der Waals surface area contributed by atoms with Gasteiger partial charge in [0.1, 0.15) is 11.4 Å². The molecule has 0 unspecified atom stereocenters. The zero-order valence-corrected chi connectivity index (χ0v) is 15.0.